The number of rotatable bonds is 7. The Balaban J connectivity index is 1.90. The minimum Gasteiger partial charge on any atom is -0.385 e. The van der Waals surface area contributed by atoms with Gasteiger partial charge >= 0.3 is 18.1 Å². The van der Waals surface area contributed by atoms with Crippen LogP contribution in [0.25, 0.3) is 11.2 Å². The zero-order valence-electron chi connectivity index (χ0n) is 19.5. The Morgan fingerprint density at radius 3 is 2.54 bits per heavy atom. The molecule has 2 aromatic heterocycles. The second kappa shape index (κ2) is 10.9. The SMILES string of the molecule is CC#CCn1c(N2CCNCC2)nc2nc(CNC(CC)C(=O)OC(=O)C(F)(F)F)n(C)c(=O)c21. The van der Waals surface area contributed by atoms with Gasteiger partial charge in [-0.25, -0.2) is 14.6 Å². The van der Waals surface area contributed by atoms with Crippen LogP contribution in [-0.2, 0) is 34.5 Å². The number of aromatic nitrogens is 4. The van der Waals surface area contributed by atoms with E-state index in [-0.39, 0.29) is 42.1 Å². The van der Waals surface area contributed by atoms with E-state index >= 15 is 0 Å². The van der Waals surface area contributed by atoms with E-state index < -0.39 is 24.2 Å². The number of imidazole rings is 1. The van der Waals surface area contributed by atoms with E-state index in [1.807, 2.05) is 4.90 Å². The zero-order chi connectivity index (χ0) is 25.8. The third-order valence-corrected chi connectivity index (χ3v) is 5.50. The van der Waals surface area contributed by atoms with Gasteiger partial charge in [-0.15, -0.1) is 5.92 Å². The molecular weight excluding hydrogens is 471 g/mol. The molecular formula is C21H26F3N7O4. The maximum atomic E-state index is 13.2. The molecule has 2 aromatic rings. The Labute approximate surface area is 198 Å². The van der Waals surface area contributed by atoms with Crippen molar-refractivity contribution in [1.82, 2.24) is 29.7 Å². The second-order valence-electron chi connectivity index (χ2n) is 7.77. The molecule has 0 amide bonds. The van der Waals surface area contributed by atoms with Crippen molar-refractivity contribution >= 4 is 29.1 Å². The van der Waals surface area contributed by atoms with Crippen LogP contribution in [0.15, 0.2) is 4.79 Å². The molecule has 1 aliphatic heterocycles. The summed E-state index contributed by atoms with van der Waals surface area (Å²) in [5.41, 5.74) is 0.0791. The summed E-state index contributed by atoms with van der Waals surface area (Å²) in [5.74, 6) is 2.58. The molecule has 0 saturated carbocycles. The number of carbonyl (C=O) groups excluding carboxylic acids is 2. The number of carbonyl (C=O) groups is 2. The lowest BCUT2D eigenvalue weighted by atomic mass is 10.2. The molecule has 1 atom stereocenters. The van der Waals surface area contributed by atoms with Gasteiger partial charge in [0.15, 0.2) is 11.2 Å². The van der Waals surface area contributed by atoms with Crippen molar-refractivity contribution in [2.24, 2.45) is 7.05 Å². The zero-order valence-corrected chi connectivity index (χ0v) is 19.5. The van der Waals surface area contributed by atoms with E-state index in [4.69, 9.17) is 0 Å². The lowest BCUT2D eigenvalue weighted by Crippen LogP contribution is -2.44. The monoisotopic (exact) mass is 497 g/mol. The fourth-order valence-electron chi connectivity index (χ4n) is 3.59. The van der Waals surface area contributed by atoms with Crippen LogP contribution in [0.2, 0.25) is 0 Å². The van der Waals surface area contributed by atoms with Crippen LogP contribution < -0.4 is 21.1 Å². The number of ether oxygens (including phenoxy) is 1. The van der Waals surface area contributed by atoms with Crippen molar-refractivity contribution in [2.75, 3.05) is 31.1 Å². The molecule has 1 aliphatic rings. The van der Waals surface area contributed by atoms with Gasteiger partial charge in [0.05, 0.1) is 13.1 Å². The highest BCUT2D eigenvalue weighted by molar-refractivity contribution is 5.90. The third-order valence-electron chi connectivity index (χ3n) is 5.50. The van der Waals surface area contributed by atoms with Gasteiger partial charge in [0, 0.05) is 33.2 Å². The minimum atomic E-state index is -5.28. The first-order chi connectivity index (χ1) is 16.6. The largest absolute Gasteiger partial charge is 0.491 e. The van der Waals surface area contributed by atoms with Crippen LogP contribution in [-0.4, -0.2) is 69.4 Å². The molecule has 1 unspecified atom stereocenters. The molecule has 0 spiro atoms. The highest BCUT2D eigenvalue weighted by Crippen LogP contribution is 2.20. The van der Waals surface area contributed by atoms with Crippen LogP contribution in [0, 0.1) is 11.8 Å². The second-order valence-corrected chi connectivity index (χ2v) is 7.77. The highest BCUT2D eigenvalue weighted by atomic mass is 19.4. The van der Waals surface area contributed by atoms with Crippen LogP contribution in [0.3, 0.4) is 0 Å². The van der Waals surface area contributed by atoms with Crippen LogP contribution in [0.5, 0.6) is 0 Å². The van der Waals surface area contributed by atoms with E-state index in [1.165, 1.54) is 18.5 Å². The maximum absolute atomic E-state index is 13.2. The topological polar surface area (TPSA) is 123 Å². The maximum Gasteiger partial charge on any atom is 0.491 e. The number of hydrogen-bond acceptors (Lipinski definition) is 9. The van der Waals surface area contributed by atoms with E-state index in [1.54, 1.807) is 11.5 Å². The van der Waals surface area contributed by atoms with Gasteiger partial charge in [-0.2, -0.15) is 18.2 Å². The number of piperazine rings is 1. The summed E-state index contributed by atoms with van der Waals surface area (Å²) in [4.78, 5) is 47.3. The number of hydrogen-bond donors (Lipinski definition) is 2. The Morgan fingerprint density at radius 1 is 1.26 bits per heavy atom. The lowest BCUT2D eigenvalue weighted by molar-refractivity contribution is -0.202. The van der Waals surface area contributed by atoms with E-state index in [0.29, 0.717) is 19.0 Å². The molecule has 35 heavy (non-hydrogen) atoms. The number of nitrogens with one attached hydrogen (secondary N) is 2. The number of nitrogens with zero attached hydrogens (tertiary/aromatic N) is 5. The van der Waals surface area contributed by atoms with Crippen molar-refractivity contribution in [3.63, 3.8) is 0 Å². The molecule has 1 saturated heterocycles. The lowest BCUT2D eigenvalue weighted by Gasteiger charge is -2.28. The Kier molecular flexibility index (Phi) is 8.13. The van der Waals surface area contributed by atoms with Crippen LogP contribution >= 0.6 is 0 Å². The first-order valence-electron chi connectivity index (χ1n) is 11.0. The Bertz CT molecular complexity index is 1220. The molecule has 0 bridgehead atoms. The molecule has 1 fully saturated rings. The molecule has 0 radical (unpaired) electrons. The summed E-state index contributed by atoms with van der Waals surface area (Å²) in [6.07, 6.45) is -5.24. The minimum absolute atomic E-state index is 0.0393. The Hall–Kier alpha value is -3.44. The van der Waals surface area contributed by atoms with E-state index in [0.717, 1.165) is 13.1 Å². The number of anilines is 1. The standard InChI is InChI=1S/C21H26F3N7O4/c1-4-6-9-31-15-16(28-20(31)30-10-7-25-8-11-30)27-14(29(3)17(15)32)12-26-13(5-2)18(33)35-19(34)21(22,23)24/h13,25-26H,5,7-12H2,1-3H3. The number of fused-ring (bicyclic) bond motifs is 1. The van der Waals surface area contributed by atoms with Gasteiger partial charge in [-0.05, 0) is 13.3 Å². The Morgan fingerprint density at radius 2 is 1.94 bits per heavy atom. The fourth-order valence-corrected chi connectivity index (χ4v) is 3.59. The number of alkyl halides is 3. The normalized spacial score (nSPS) is 15.0. The van der Waals surface area contributed by atoms with Crippen molar-refractivity contribution in [3.8, 4) is 11.8 Å². The average molecular weight is 497 g/mol. The van der Waals surface area contributed by atoms with Gasteiger partial charge in [-0.3, -0.25) is 19.2 Å². The van der Waals surface area contributed by atoms with Gasteiger partial charge in [0.25, 0.3) is 5.56 Å². The van der Waals surface area contributed by atoms with Gasteiger partial charge in [-0.1, -0.05) is 12.8 Å². The quantitative estimate of drug-likeness (QED) is 0.311. The molecule has 190 valence electrons. The van der Waals surface area contributed by atoms with E-state index in [9.17, 15) is 27.6 Å². The van der Waals surface area contributed by atoms with Crippen molar-refractivity contribution in [2.45, 2.75) is 45.6 Å². The number of halogens is 3. The smallest absolute Gasteiger partial charge is 0.385 e. The average Bonchev–Trinajstić information content (AvgIpc) is 3.19. The van der Waals surface area contributed by atoms with Crippen molar-refractivity contribution < 1.29 is 27.5 Å². The summed E-state index contributed by atoms with van der Waals surface area (Å²) in [6, 6.07) is -1.22. The van der Waals surface area contributed by atoms with Gasteiger partial charge < -0.3 is 15.0 Å². The summed E-state index contributed by atoms with van der Waals surface area (Å²) in [7, 11) is 1.49. The predicted octanol–water partition coefficient (Wildman–Crippen LogP) is 0.0632. The molecule has 3 rings (SSSR count). The van der Waals surface area contributed by atoms with Crippen LogP contribution in [0.4, 0.5) is 19.1 Å². The molecule has 3 heterocycles. The summed E-state index contributed by atoms with van der Waals surface area (Å²) in [6.45, 7) is 6.22. The third kappa shape index (κ3) is 5.80. The molecule has 0 aliphatic carbocycles. The summed E-state index contributed by atoms with van der Waals surface area (Å²) < 4.78 is 44.1. The molecule has 2 N–H and O–H groups in total. The predicted molar refractivity (Wildman–Crippen MR) is 119 cm³/mol. The van der Waals surface area contributed by atoms with Crippen molar-refractivity contribution in [3.05, 3.63) is 16.2 Å². The van der Waals surface area contributed by atoms with Gasteiger partial charge in [0.1, 0.15) is 11.9 Å². The van der Waals surface area contributed by atoms with Crippen LogP contribution in [0.1, 0.15) is 26.1 Å². The van der Waals surface area contributed by atoms with Crippen molar-refractivity contribution in [1.29, 1.82) is 0 Å². The number of esters is 2. The fraction of sp³-hybridized carbons (Fsp3) is 0.571. The molecule has 14 heteroatoms. The summed E-state index contributed by atoms with van der Waals surface area (Å²) >= 11 is 0. The highest BCUT2D eigenvalue weighted by Gasteiger charge is 2.43. The van der Waals surface area contributed by atoms with E-state index in [2.05, 4.69) is 37.2 Å². The van der Waals surface area contributed by atoms with Gasteiger partial charge in [0.2, 0.25) is 5.95 Å². The molecule has 11 nitrogen and oxygen atoms in total. The molecule has 0 aromatic carbocycles. The first kappa shape index (κ1) is 26.2. The summed E-state index contributed by atoms with van der Waals surface area (Å²) in [5, 5.41) is 5.96. The first-order valence-corrected chi connectivity index (χ1v) is 11.0.